The van der Waals surface area contributed by atoms with Gasteiger partial charge in [0, 0.05) is 55.2 Å². The monoisotopic (exact) mass is 472 g/mol. The smallest absolute Gasteiger partial charge is 0.293 e. The van der Waals surface area contributed by atoms with Crippen LogP contribution in [0.3, 0.4) is 0 Å². The van der Waals surface area contributed by atoms with Gasteiger partial charge in [-0.25, -0.2) is 4.98 Å². The molecular formula is C27H28N4O4. The van der Waals surface area contributed by atoms with E-state index in [4.69, 9.17) is 0 Å². The number of carbonyl (C=O) groups excluding carboxylic acids is 1. The number of hydrogen-bond acceptors (Lipinski definition) is 6. The molecule has 0 saturated carbocycles. The number of amides is 1. The molecule has 0 bridgehead atoms. The molecule has 1 aliphatic rings. The number of rotatable bonds is 5. The highest BCUT2D eigenvalue weighted by molar-refractivity contribution is 5.94. The number of aromatic hydroxyl groups is 1. The van der Waals surface area contributed by atoms with Gasteiger partial charge in [-0.2, -0.15) is 0 Å². The lowest BCUT2D eigenvalue weighted by molar-refractivity contribution is 0.0664. The Labute approximate surface area is 203 Å². The molecular weight excluding hydrogens is 444 g/mol. The molecule has 1 saturated heterocycles. The van der Waals surface area contributed by atoms with Crippen LogP contribution in [-0.2, 0) is 6.42 Å². The quantitative estimate of drug-likeness (QED) is 0.487. The normalized spacial score (nSPS) is 14.7. The van der Waals surface area contributed by atoms with Crippen molar-refractivity contribution in [1.29, 1.82) is 0 Å². The first kappa shape index (κ1) is 24.2. The second-order valence-corrected chi connectivity index (χ2v) is 8.66. The zero-order valence-corrected chi connectivity index (χ0v) is 19.6. The van der Waals surface area contributed by atoms with Crippen LogP contribution in [0.4, 0.5) is 0 Å². The van der Waals surface area contributed by atoms with E-state index >= 15 is 0 Å². The van der Waals surface area contributed by atoms with Gasteiger partial charge < -0.3 is 25.0 Å². The molecule has 3 aromatic rings. The van der Waals surface area contributed by atoms with Crippen molar-refractivity contribution >= 4 is 5.91 Å². The predicted octanol–water partition coefficient (Wildman–Crippen LogP) is 1.58. The van der Waals surface area contributed by atoms with Gasteiger partial charge in [-0.3, -0.25) is 9.59 Å². The fourth-order valence-corrected chi connectivity index (χ4v) is 3.97. The van der Waals surface area contributed by atoms with Gasteiger partial charge in [-0.15, -0.1) is 0 Å². The summed E-state index contributed by atoms with van der Waals surface area (Å²) < 4.78 is 0. The maximum absolute atomic E-state index is 12.7. The Bertz CT molecular complexity index is 1280. The summed E-state index contributed by atoms with van der Waals surface area (Å²) in [6.07, 6.45) is 1.47. The molecule has 35 heavy (non-hydrogen) atoms. The standard InChI is InChI=1S/C27H28N4O4/c1-30-12-14-31(15-13-30)27(35)22-10-6-20(7-11-22)3-2-19-4-8-21(9-5-19)23(17-32)16-24-25(33)26(34)29-18-28-24/h4-11,18,23,32-33H,12-17H2,1H3,(H,28,29,34). The maximum Gasteiger partial charge on any atom is 0.293 e. The van der Waals surface area contributed by atoms with Gasteiger partial charge in [0.1, 0.15) is 0 Å². The Morgan fingerprint density at radius 2 is 1.63 bits per heavy atom. The van der Waals surface area contributed by atoms with E-state index in [1.807, 2.05) is 53.4 Å². The van der Waals surface area contributed by atoms with E-state index in [0.29, 0.717) is 5.56 Å². The van der Waals surface area contributed by atoms with Crippen molar-refractivity contribution in [3.05, 3.63) is 93.2 Å². The third kappa shape index (κ3) is 5.96. The topological polar surface area (TPSA) is 110 Å². The third-order valence-corrected chi connectivity index (χ3v) is 6.22. The number of piperazine rings is 1. The van der Waals surface area contributed by atoms with Gasteiger partial charge in [0.2, 0.25) is 5.75 Å². The Kier molecular flexibility index (Phi) is 7.60. The number of aliphatic hydroxyl groups excluding tert-OH is 1. The van der Waals surface area contributed by atoms with Crippen molar-refractivity contribution in [2.45, 2.75) is 12.3 Å². The second-order valence-electron chi connectivity index (χ2n) is 8.66. The molecule has 1 amide bonds. The van der Waals surface area contributed by atoms with Crippen molar-refractivity contribution in [2.24, 2.45) is 0 Å². The van der Waals surface area contributed by atoms with Crippen molar-refractivity contribution in [1.82, 2.24) is 19.8 Å². The summed E-state index contributed by atoms with van der Waals surface area (Å²) in [4.78, 5) is 34.7. The molecule has 3 N–H and O–H groups in total. The minimum atomic E-state index is -0.603. The number of nitrogens with one attached hydrogen (secondary N) is 1. The fourth-order valence-electron chi connectivity index (χ4n) is 3.97. The van der Waals surface area contributed by atoms with E-state index in [1.54, 1.807) is 0 Å². The first-order valence-electron chi connectivity index (χ1n) is 11.5. The highest BCUT2D eigenvalue weighted by atomic mass is 16.3. The number of aliphatic hydroxyl groups is 1. The molecule has 1 aliphatic heterocycles. The largest absolute Gasteiger partial charge is 0.502 e. The van der Waals surface area contributed by atoms with Crippen molar-refractivity contribution < 1.29 is 15.0 Å². The number of nitrogens with zero attached hydrogens (tertiary/aromatic N) is 3. The lowest BCUT2D eigenvalue weighted by atomic mass is 9.94. The number of carbonyl (C=O) groups is 1. The zero-order valence-electron chi connectivity index (χ0n) is 19.6. The van der Waals surface area contributed by atoms with E-state index in [-0.39, 0.29) is 30.5 Å². The van der Waals surface area contributed by atoms with E-state index in [9.17, 15) is 19.8 Å². The highest BCUT2D eigenvalue weighted by Crippen LogP contribution is 2.22. The van der Waals surface area contributed by atoms with Crippen molar-refractivity contribution in [3.63, 3.8) is 0 Å². The SMILES string of the molecule is CN1CCN(C(=O)c2ccc(C#Cc3ccc(C(CO)Cc4nc[nH]c(=O)c4O)cc3)cc2)CC1. The molecule has 0 aliphatic carbocycles. The number of H-pyrrole nitrogens is 1. The van der Waals surface area contributed by atoms with Crippen LogP contribution in [-0.4, -0.2) is 75.7 Å². The average Bonchev–Trinajstić information content (AvgIpc) is 2.89. The van der Waals surface area contributed by atoms with E-state index < -0.39 is 11.3 Å². The maximum atomic E-state index is 12.7. The summed E-state index contributed by atoms with van der Waals surface area (Å²) in [6.45, 7) is 3.10. The van der Waals surface area contributed by atoms with Gasteiger partial charge in [-0.1, -0.05) is 24.0 Å². The molecule has 180 valence electrons. The number of hydrogen-bond donors (Lipinski definition) is 3. The highest BCUT2D eigenvalue weighted by Gasteiger charge is 2.20. The lowest BCUT2D eigenvalue weighted by Crippen LogP contribution is -2.47. The molecule has 8 nitrogen and oxygen atoms in total. The molecule has 2 aromatic carbocycles. The Balaban J connectivity index is 1.40. The average molecular weight is 473 g/mol. The summed E-state index contributed by atoms with van der Waals surface area (Å²) in [5.74, 6) is 5.54. The van der Waals surface area contributed by atoms with Crippen LogP contribution in [0.25, 0.3) is 0 Å². The summed E-state index contributed by atoms with van der Waals surface area (Å²) >= 11 is 0. The molecule has 0 spiro atoms. The first-order valence-corrected chi connectivity index (χ1v) is 11.5. The predicted molar refractivity (Wildman–Crippen MR) is 132 cm³/mol. The van der Waals surface area contributed by atoms with Crippen LogP contribution in [0.2, 0.25) is 0 Å². The summed E-state index contributed by atoms with van der Waals surface area (Å²) in [6, 6.07) is 14.8. The van der Waals surface area contributed by atoms with Gasteiger partial charge in [0.15, 0.2) is 0 Å². The molecule has 0 radical (unpaired) electrons. The molecule has 1 fully saturated rings. The Morgan fingerprint density at radius 1 is 1.03 bits per heavy atom. The summed E-state index contributed by atoms with van der Waals surface area (Å²) in [7, 11) is 2.06. The number of benzene rings is 2. The van der Waals surface area contributed by atoms with Crippen molar-refractivity contribution in [3.8, 4) is 17.6 Å². The van der Waals surface area contributed by atoms with Gasteiger partial charge in [0.25, 0.3) is 11.5 Å². The summed E-state index contributed by atoms with van der Waals surface area (Å²) in [5.41, 5.74) is 2.78. The minimum absolute atomic E-state index is 0.0512. The van der Waals surface area contributed by atoms with Gasteiger partial charge in [-0.05, 0) is 49.0 Å². The van der Waals surface area contributed by atoms with Gasteiger partial charge >= 0.3 is 0 Å². The number of aromatic amines is 1. The van der Waals surface area contributed by atoms with Crippen LogP contribution in [0.15, 0.2) is 59.7 Å². The number of aromatic nitrogens is 2. The molecule has 8 heteroatoms. The molecule has 1 unspecified atom stereocenters. The van der Waals surface area contributed by atoms with Crippen LogP contribution in [0.1, 0.15) is 38.7 Å². The summed E-state index contributed by atoms with van der Waals surface area (Å²) in [5, 5.41) is 19.7. The van der Waals surface area contributed by atoms with Crippen LogP contribution >= 0.6 is 0 Å². The van der Waals surface area contributed by atoms with Crippen LogP contribution < -0.4 is 5.56 Å². The molecule has 1 aromatic heterocycles. The molecule has 1 atom stereocenters. The van der Waals surface area contributed by atoms with Crippen LogP contribution in [0, 0.1) is 11.8 Å². The zero-order chi connectivity index (χ0) is 24.8. The first-order chi connectivity index (χ1) is 16.9. The van der Waals surface area contributed by atoms with Gasteiger partial charge in [0.05, 0.1) is 18.6 Å². The van der Waals surface area contributed by atoms with E-state index in [0.717, 1.165) is 42.9 Å². The van der Waals surface area contributed by atoms with Crippen molar-refractivity contribution in [2.75, 3.05) is 39.8 Å². The molecule has 2 heterocycles. The van der Waals surface area contributed by atoms with E-state index in [2.05, 4.69) is 33.8 Å². The lowest BCUT2D eigenvalue weighted by Gasteiger charge is -2.32. The minimum Gasteiger partial charge on any atom is -0.502 e. The third-order valence-electron chi connectivity index (χ3n) is 6.22. The second kappa shape index (κ2) is 11.0. The Hall–Kier alpha value is -3.93. The fraction of sp³-hybridized carbons (Fsp3) is 0.296. The molecule has 4 rings (SSSR count). The van der Waals surface area contributed by atoms with E-state index in [1.165, 1.54) is 6.33 Å². The number of likely N-dealkylation sites (N-methyl/N-ethyl adjacent to an activating group) is 1. The van der Waals surface area contributed by atoms with Crippen LogP contribution in [0.5, 0.6) is 5.75 Å². The Morgan fingerprint density at radius 3 is 2.23 bits per heavy atom.